The van der Waals surface area contributed by atoms with E-state index in [0.717, 1.165) is 29.1 Å². The lowest BCUT2D eigenvalue weighted by molar-refractivity contribution is 0.836. The maximum absolute atomic E-state index is 7.12. The van der Waals surface area contributed by atoms with E-state index >= 15 is 0 Å². The Balaban J connectivity index is 1.86. The third-order valence-corrected chi connectivity index (χ3v) is 3.34. The van der Waals surface area contributed by atoms with Gasteiger partial charge in [-0.25, -0.2) is 15.0 Å². The average Bonchev–Trinajstić information content (AvgIpc) is 2.77. The number of thioether (sulfide) groups is 1. The Morgan fingerprint density at radius 1 is 1.35 bits per heavy atom. The van der Waals surface area contributed by atoms with Gasteiger partial charge in [-0.05, 0) is 18.6 Å². The first-order valence-corrected chi connectivity index (χ1v) is 6.35. The Morgan fingerprint density at radius 2 is 2.24 bits per heavy atom. The van der Waals surface area contributed by atoms with E-state index in [1.807, 2.05) is 0 Å². The van der Waals surface area contributed by atoms with Gasteiger partial charge in [0.05, 0.1) is 12.2 Å². The largest absolute Gasteiger partial charge is 0.388 e. The van der Waals surface area contributed by atoms with Gasteiger partial charge in [0.2, 0.25) is 0 Å². The molecule has 0 aliphatic rings. The van der Waals surface area contributed by atoms with E-state index in [1.54, 1.807) is 18.1 Å². The number of nitrogens with two attached hydrogens (primary N) is 1. The van der Waals surface area contributed by atoms with Crippen LogP contribution in [0.15, 0.2) is 17.7 Å². The van der Waals surface area contributed by atoms with Crippen LogP contribution in [0.25, 0.3) is 11.2 Å². The van der Waals surface area contributed by atoms with Crippen molar-refractivity contribution in [1.29, 1.82) is 5.41 Å². The van der Waals surface area contributed by atoms with Crippen molar-refractivity contribution in [2.24, 2.45) is 5.73 Å². The summed E-state index contributed by atoms with van der Waals surface area (Å²) >= 11 is 1.67. The van der Waals surface area contributed by atoms with E-state index in [4.69, 9.17) is 11.1 Å². The number of nitrogens with one attached hydrogen (secondary N) is 2. The van der Waals surface area contributed by atoms with Gasteiger partial charge in [0, 0.05) is 6.42 Å². The Morgan fingerprint density at radius 3 is 3.06 bits per heavy atom. The van der Waals surface area contributed by atoms with Crippen LogP contribution in [-0.2, 0) is 0 Å². The predicted molar refractivity (Wildman–Crippen MR) is 68.2 cm³/mol. The first kappa shape index (κ1) is 11.8. The van der Waals surface area contributed by atoms with Crippen molar-refractivity contribution in [2.75, 3.05) is 5.75 Å². The second-order valence-corrected chi connectivity index (χ2v) is 4.69. The number of nitrogens with zero attached hydrogens (tertiary/aromatic N) is 3. The number of fused-ring (bicyclic) bond motifs is 1. The summed E-state index contributed by atoms with van der Waals surface area (Å²) < 4.78 is 0. The lowest BCUT2D eigenvalue weighted by atomic mass is 10.2. The first-order valence-electron chi connectivity index (χ1n) is 5.37. The molecule has 2 aromatic rings. The molecule has 0 amide bonds. The zero-order valence-electron chi connectivity index (χ0n) is 9.31. The molecule has 0 unspecified atom stereocenters. The summed E-state index contributed by atoms with van der Waals surface area (Å²) in [5.41, 5.74) is 6.88. The predicted octanol–water partition coefficient (Wildman–Crippen LogP) is 1.55. The van der Waals surface area contributed by atoms with Crippen LogP contribution in [0.3, 0.4) is 0 Å². The fourth-order valence-electron chi connectivity index (χ4n) is 1.44. The highest BCUT2D eigenvalue weighted by Gasteiger charge is 2.05. The van der Waals surface area contributed by atoms with Gasteiger partial charge in [-0.3, -0.25) is 5.41 Å². The Hall–Kier alpha value is -1.63. The first-order chi connectivity index (χ1) is 8.27. The zero-order chi connectivity index (χ0) is 12.1. The van der Waals surface area contributed by atoms with E-state index in [1.165, 1.54) is 6.33 Å². The molecule has 0 atom stereocenters. The highest BCUT2D eigenvalue weighted by atomic mass is 32.2. The maximum Gasteiger partial charge on any atom is 0.181 e. The van der Waals surface area contributed by atoms with E-state index in [2.05, 4.69) is 19.9 Å². The molecule has 0 spiro atoms. The Labute approximate surface area is 103 Å². The molecule has 2 rings (SSSR count). The van der Waals surface area contributed by atoms with E-state index in [-0.39, 0.29) is 5.84 Å². The minimum Gasteiger partial charge on any atom is -0.388 e. The van der Waals surface area contributed by atoms with Crippen LogP contribution < -0.4 is 5.73 Å². The van der Waals surface area contributed by atoms with Crippen LogP contribution >= 0.6 is 11.8 Å². The standard InChI is InChI=1S/C10H14N6S/c11-7(12)3-1-2-4-17-10-8-9(14-5-13-8)15-6-16-10/h5-6H,1-4H2,(H3,11,12)(H,13,14,15,16). The number of imidazole rings is 1. The van der Waals surface area contributed by atoms with Gasteiger partial charge in [-0.1, -0.05) is 0 Å². The van der Waals surface area contributed by atoms with Gasteiger partial charge < -0.3 is 10.7 Å². The topological polar surface area (TPSA) is 104 Å². The van der Waals surface area contributed by atoms with Crippen LogP contribution in [0, 0.1) is 5.41 Å². The minimum atomic E-state index is 0.257. The highest BCUT2D eigenvalue weighted by Crippen LogP contribution is 2.22. The van der Waals surface area contributed by atoms with Crippen LogP contribution in [-0.4, -0.2) is 31.5 Å². The number of hydrogen-bond acceptors (Lipinski definition) is 5. The highest BCUT2D eigenvalue weighted by molar-refractivity contribution is 7.99. The van der Waals surface area contributed by atoms with Gasteiger partial charge in [0.1, 0.15) is 16.9 Å². The van der Waals surface area contributed by atoms with Crippen molar-refractivity contribution in [2.45, 2.75) is 24.3 Å². The number of hydrogen-bond donors (Lipinski definition) is 3. The van der Waals surface area contributed by atoms with Gasteiger partial charge in [-0.15, -0.1) is 11.8 Å². The molecular formula is C10H14N6S. The molecule has 0 aromatic carbocycles. The summed E-state index contributed by atoms with van der Waals surface area (Å²) in [6, 6.07) is 0. The maximum atomic E-state index is 7.12. The molecule has 0 aliphatic heterocycles. The van der Waals surface area contributed by atoms with Crippen LogP contribution in [0.4, 0.5) is 0 Å². The molecule has 7 heteroatoms. The van der Waals surface area contributed by atoms with E-state index < -0.39 is 0 Å². The summed E-state index contributed by atoms with van der Waals surface area (Å²) in [6.07, 6.45) is 5.79. The molecule has 6 nitrogen and oxygen atoms in total. The number of unbranched alkanes of at least 4 members (excludes halogenated alkanes) is 1. The molecule has 17 heavy (non-hydrogen) atoms. The Bertz CT molecular complexity index is 508. The lowest BCUT2D eigenvalue weighted by Crippen LogP contribution is -2.08. The molecular weight excluding hydrogens is 236 g/mol. The molecule has 0 saturated heterocycles. The number of amidine groups is 1. The second kappa shape index (κ2) is 5.62. The van der Waals surface area contributed by atoms with E-state index in [0.29, 0.717) is 12.1 Å². The molecule has 4 N–H and O–H groups in total. The monoisotopic (exact) mass is 250 g/mol. The van der Waals surface area contributed by atoms with Crippen LogP contribution in [0.2, 0.25) is 0 Å². The van der Waals surface area contributed by atoms with Crippen molar-refractivity contribution < 1.29 is 0 Å². The Kier molecular flexibility index (Phi) is 3.92. The van der Waals surface area contributed by atoms with Crippen molar-refractivity contribution >= 4 is 28.8 Å². The summed E-state index contributed by atoms with van der Waals surface area (Å²) in [7, 11) is 0. The third kappa shape index (κ3) is 3.16. The van der Waals surface area contributed by atoms with Crippen molar-refractivity contribution in [1.82, 2.24) is 19.9 Å². The molecule has 2 heterocycles. The van der Waals surface area contributed by atoms with Crippen molar-refractivity contribution in [3.63, 3.8) is 0 Å². The molecule has 0 fully saturated rings. The number of rotatable bonds is 6. The summed E-state index contributed by atoms with van der Waals surface area (Å²) in [5.74, 6) is 1.21. The molecule has 90 valence electrons. The van der Waals surface area contributed by atoms with Crippen molar-refractivity contribution in [3.05, 3.63) is 12.7 Å². The average molecular weight is 250 g/mol. The number of H-pyrrole nitrogens is 1. The van der Waals surface area contributed by atoms with Crippen LogP contribution in [0.5, 0.6) is 0 Å². The van der Waals surface area contributed by atoms with Gasteiger partial charge >= 0.3 is 0 Å². The zero-order valence-corrected chi connectivity index (χ0v) is 10.1. The SMILES string of the molecule is N=C(N)CCCCSc1ncnc2nc[nH]c12. The van der Waals surface area contributed by atoms with Gasteiger partial charge in [-0.2, -0.15) is 0 Å². The van der Waals surface area contributed by atoms with Gasteiger partial charge in [0.25, 0.3) is 0 Å². The third-order valence-electron chi connectivity index (χ3n) is 2.27. The van der Waals surface area contributed by atoms with Gasteiger partial charge in [0.15, 0.2) is 5.65 Å². The quantitative estimate of drug-likeness (QED) is 0.237. The molecule has 0 radical (unpaired) electrons. The summed E-state index contributed by atoms with van der Waals surface area (Å²) in [6.45, 7) is 0. The molecule has 2 aromatic heterocycles. The smallest absolute Gasteiger partial charge is 0.181 e. The fourth-order valence-corrected chi connectivity index (χ4v) is 2.40. The van der Waals surface area contributed by atoms with E-state index in [9.17, 15) is 0 Å². The summed E-state index contributed by atoms with van der Waals surface area (Å²) in [5, 5.41) is 8.04. The molecule has 0 aliphatic carbocycles. The molecule has 0 bridgehead atoms. The lowest BCUT2D eigenvalue weighted by Gasteiger charge is -2.01. The molecule has 0 saturated carbocycles. The number of aromatic amines is 1. The van der Waals surface area contributed by atoms with Crippen molar-refractivity contribution in [3.8, 4) is 0 Å². The second-order valence-electron chi connectivity index (χ2n) is 3.61. The van der Waals surface area contributed by atoms with Crippen LogP contribution in [0.1, 0.15) is 19.3 Å². The number of aromatic nitrogens is 4. The minimum absolute atomic E-state index is 0.257. The normalized spacial score (nSPS) is 10.8. The fraction of sp³-hybridized carbons (Fsp3) is 0.400. The summed E-state index contributed by atoms with van der Waals surface area (Å²) in [4.78, 5) is 15.4.